The van der Waals surface area contributed by atoms with Gasteiger partial charge >= 0.3 is 0 Å². The number of pyridine rings is 1. The van der Waals surface area contributed by atoms with E-state index in [9.17, 15) is 4.39 Å². The zero-order chi connectivity index (χ0) is 15.1. The average Bonchev–Trinajstić information content (AvgIpc) is 2.49. The zero-order valence-electron chi connectivity index (χ0n) is 11.6. The van der Waals surface area contributed by atoms with Crippen LogP contribution in [0.5, 0.6) is 0 Å². The quantitative estimate of drug-likeness (QED) is 0.786. The fourth-order valence-corrected chi connectivity index (χ4v) is 2.73. The van der Waals surface area contributed by atoms with E-state index in [-0.39, 0.29) is 5.82 Å². The lowest BCUT2D eigenvalue weighted by molar-refractivity contribution is 0.199. The van der Waals surface area contributed by atoms with Crippen LogP contribution in [-0.2, 0) is 11.3 Å². The Labute approximate surface area is 132 Å². The molecule has 21 heavy (non-hydrogen) atoms. The zero-order valence-corrected chi connectivity index (χ0v) is 13.2. The van der Waals surface area contributed by atoms with E-state index in [1.165, 1.54) is 17.8 Å². The van der Waals surface area contributed by atoms with Gasteiger partial charge in [0.1, 0.15) is 10.8 Å². The first-order chi connectivity index (χ1) is 10.2. The number of hydrogen-bond donors (Lipinski definition) is 1. The second-order valence-corrected chi connectivity index (χ2v) is 5.78. The Bertz CT molecular complexity index is 580. The molecule has 1 aromatic carbocycles. The van der Waals surface area contributed by atoms with Crippen LogP contribution in [0, 0.1) is 5.82 Å². The molecule has 1 heterocycles. The van der Waals surface area contributed by atoms with Crippen LogP contribution in [0.1, 0.15) is 5.56 Å². The van der Waals surface area contributed by atoms with Crippen molar-refractivity contribution in [2.75, 3.05) is 20.3 Å². The largest absolute Gasteiger partial charge is 0.383 e. The number of nitrogens with zero attached hydrogens (tertiary/aromatic N) is 1. The van der Waals surface area contributed by atoms with Crippen LogP contribution in [0.4, 0.5) is 4.39 Å². The molecule has 2 aromatic rings. The first-order valence-electron chi connectivity index (χ1n) is 6.47. The summed E-state index contributed by atoms with van der Waals surface area (Å²) in [5.41, 5.74) is 0.896. The minimum atomic E-state index is -0.247. The van der Waals surface area contributed by atoms with Crippen molar-refractivity contribution in [1.82, 2.24) is 10.3 Å². The first kappa shape index (κ1) is 16.2. The Kier molecular flexibility index (Phi) is 6.45. The summed E-state index contributed by atoms with van der Waals surface area (Å²) in [5, 5.41) is 4.49. The molecule has 3 nitrogen and oxygen atoms in total. The molecule has 0 amide bonds. The summed E-state index contributed by atoms with van der Waals surface area (Å²) in [5.74, 6) is -0.247. The molecule has 0 aliphatic heterocycles. The third kappa shape index (κ3) is 4.97. The summed E-state index contributed by atoms with van der Waals surface area (Å²) >= 11 is 7.11. The second kappa shape index (κ2) is 8.34. The number of benzene rings is 1. The average molecular weight is 327 g/mol. The van der Waals surface area contributed by atoms with Gasteiger partial charge < -0.3 is 10.1 Å². The van der Waals surface area contributed by atoms with Crippen molar-refractivity contribution in [1.29, 1.82) is 0 Å². The van der Waals surface area contributed by atoms with Gasteiger partial charge in [-0.1, -0.05) is 35.5 Å². The van der Waals surface area contributed by atoms with Crippen molar-refractivity contribution >= 4 is 23.4 Å². The molecule has 0 aliphatic carbocycles. The summed E-state index contributed by atoms with van der Waals surface area (Å²) in [6, 6.07) is 8.59. The molecule has 1 aromatic heterocycles. The molecule has 0 aliphatic rings. The lowest BCUT2D eigenvalue weighted by atomic mass is 10.2. The van der Waals surface area contributed by atoms with Gasteiger partial charge in [0.25, 0.3) is 0 Å². The maximum absolute atomic E-state index is 14.1. The van der Waals surface area contributed by atoms with Gasteiger partial charge in [-0.2, -0.15) is 0 Å². The van der Waals surface area contributed by atoms with Gasteiger partial charge in [0.05, 0.1) is 16.5 Å². The Balaban J connectivity index is 2.11. The fraction of sp³-hybridized carbons (Fsp3) is 0.267. The number of nitrogens with one attached hydrogen (secondary N) is 1. The summed E-state index contributed by atoms with van der Waals surface area (Å²) in [6.07, 6.45) is 1.56. The second-order valence-electron chi connectivity index (χ2n) is 4.31. The molecule has 2 rings (SSSR count). The third-order valence-corrected chi connectivity index (χ3v) is 4.09. The number of halogens is 2. The highest BCUT2D eigenvalue weighted by molar-refractivity contribution is 7.99. The van der Waals surface area contributed by atoms with Crippen molar-refractivity contribution in [2.24, 2.45) is 0 Å². The van der Waals surface area contributed by atoms with Crippen LogP contribution in [-0.4, -0.2) is 25.2 Å². The standard InChI is InChI=1S/C15H16ClFN2OS/c1-20-8-7-18-9-11-3-2-4-13(17)15(11)21-14-6-5-12(16)10-19-14/h2-6,10,18H,7-9H2,1H3. The van der Waals surface area contributed by atoms with Crippen molar-refractivity contribution in [3.05, 3.63) is 52.9 Å². The Morgan fingerprint density at radius 3 is 2.90 bits per heavy atom. The number of rotatable bonds is 7. The van der Waals surface area contributed by atoms with E-state index in [0.717, 1.165) is 12.1 Å². The van der Waals surface area contributed by atoms with E-state index in [1.54, 1.807) is 31.5 Å². The highest BCUT2D eigenvalue weighted by Gasteiger charge is 2.10. The molecule has 6 heteroatoms. The molecule has 0 saturated heterocycles. The Hall–Kier alpha value is -1.14. The predicted octanol–water partition coefficient (Wildman–Crippen LogP) is 3.76. The SMILES string of the molecule is COCCNCc1cccc(F)c1Sc1ccc(Cl)cn1. The van der Waals surface area contributed by atoms with E-state index in [2.05, 4.69) is 10.3 Å². The van der Waals surface area contributed by atoms with Crippen LogP contribution in [0.2, 0.25) is 5.02 Å². The summed E-state index contributed by atoms with van der Waals surface area (Å²) < 4.78 is 19.0. The van der Waals surface area contributed by atoms with Gasteiger partial charge in [0.2, 0.25) is 0 Å². The number of aromatic nitrogens is 1. The molecule has 0 saturated carbocycles. The van der Waals surface area contributed by atoms with Gasteiger partial charge in [-0.25, -0.2) is 9.37 Å². The van der Waals surface area contributed by atoms with Crippen LogP contribution in [0.25, 0.3) is 0 Å². The maximum Gasteiger partial charge on any atom is 0.137 e. The van der Waals surface area contributed by atoms with E-state index >= 15 is 0 Å². The molecule has 0 spiro atoms. The molecule has 112 valence electrons. The third-order valence-electron chi connectivity index (χ3n) is 2.75. The topological polar surface area (TPSA) is 34.1 Å². The van der Waals surface area contributed by atoms with E-state index in [0.29, 0.717) is 28.1 Å². The minimum Gasteiger partial charge on any atom is -0.383 e. The van der Waals surface area contributed by atoms with E-state index in [4.69, 9.17) is 16.3 Å². The van der Waals surface area contributed by atoms with Gasteiger partial charge in [0, 0.05) is 26.4 Å². The van der Waals surface area contributed by atoms with Gasteiger partial charge in [-0.15, -0.1) is 0 Å². The molecular formula is C15H16ClFN2OS. The van der Waals surface area contributed by atoms with Gasteiger partial charge in [-0.3, -0.25) is 0 Å². The van der Waals surface area contributed by atoms with Crippen LogP contribution in [0.3, 0.4) is 0 Å². The molecular weight excluding hydrogens is 311 g/mol. The first-order valence-corrected chi connectivity index (χ1v) is 7.66. The number of methoxy groups -OCH3 is 1. The van der Waals surface area contributed by atoms with E-state index < -0.39 is 0 Å². The molecule has 0 unspecified atom stereocenters. The number of ether oxygens (including phenoxy) is 1. The summed E-state index contributed by atoms with van der Waals surface area (Å²) in [4.78, 5) is 4.77. The lowest BCUT2D eigenvalue weighted by Crippen LogP contribution is -2.19. The van der Waals surface area contributed by atoms with Crippen molar-refractivity contribution < 1.29 is 9.13 Å². The van der Waals surface area contributed by atoms with Crippen molar-refractivity contribution in [3.8, 4) is 0 Å². The molecule has 0 fully saturated rings. The smallest absolute Gasteiger partial charge is 0.137 e. The van der Waals surface area contributed by atoms with Crippen molar-refractivity contribution in [3.63, 3.8) is 0 Å². The van der Waals surface area contributed by atoms with Gasteiger partial charge in [0.15, 0.2) is 0 Å². The molecule has 0 atom stereocenters. The summed E-state index contributed by atoms with van der Waals surface area (Å²) in [7, 11) is 1.65. The van der Waals surface area contributed by atoms with E-state index in [1.807, 2.05) is 6.07 Å². The monoisotopic (exact) mass is 326 g/mol. The minimum absolute atomic E-state index is 0.247. The van der Waals surface area contributed by atoms with Crippen LogP contribution in [0.15, 0.2) is 46.5 Å². The Morgan fingerprint density at radius 2 is 2.19 bits per heavy atom. The normalized spacial score (nSPS) is 10.8. The maximum atomic E-state index is 14.1. The summed E-state index contributed by atoms with van der Waals surface area (Å²) in [6.45, 7) is 1.92. The highest BCUT2D eigenvalue weighted by atomic mass is 35.5. The fourth-order valence-electron chi connectivity index (χ4n) is 1.73. The predicted molar refractivity (Wildman–Crippen MR) is 83.4 cm³/mol. The highest BCUT2D eigenvalue weighted by Crippen LogP contribution is 2.31. The molecule has 0 radical (unpaired) electrons. The van der Waals surface area contributed by atoms with Crippen LogP contribution < -0.4 is 5.32 Å². The van der Waals surface area contributed by atoms with Crippen LogP contribution >= 0.6 is 23.4 Å². The molecule has 0 bridgehead atoms. The molecule has 1 N–H and O–H groups in total. The number of hydrogen-bond acceptors (Lipinski definition) is 4. The lowest BCUT2D eigenvalue weighted by Gasteiger charge is -2.11. The van der Waals surface area contributed by atoms with Gasteiger partial charge in [-0.05, 0) is 23.8 Å². The van der Waals surface area contributed by atoms with Crippen molar-refractivity contribution in [2.45, 2.75) is 16.5 Å². The Morgan fingerprint density at radius 1 is 1.33 bits per heavy atom.